The van der Waals surface area contributed by atoms with Crippen LogP contribution in [0, 0.1) is 0 Å². The van der Waals surface area contributed by atoms with Gasteiger partial charge >= 0.3 is 6.01 Å². The SMILES string of the molecule is C[C@@]12CC[C@@](C)(N1)[C@@H](F)[C@@H](Oc1ncc(-c3ccc(-n4ccnc4)cc3O)nn1)C2. The number of halogens is 1. The van der Waals surface area contributed by atoms with Crippen molar-refractivity contribution < 1.29 is 14.2 Å². The number of phenolic OH excluding ortho intramolecular Hbond substituents is 1. The molecule has 0 radical (unpaired) electrons. The Kier molecular flexibility index (Phi) is 4.25. The average molecular weight is 410 g/mol. The molecule has 4 atom stereocenters. The lowest BCUT2D eigenvalue weighted by Gasteiger charge is -2.43. The maximum Gasteiger partial charge on any atom is 0.336 e. The van der Waals surface area contributed by atoms with Gasteiger partial charge in [-0.15, -0.1) is 5.10 Å². The van der Waals surface area contributed by atoms with E-state index in [1.54, 1.807) is 35.4 Å². The van der Waals surface area contributed by atoms with Crippen molar-refractivity contribution in [2.24, 2.45) is 0 Å². The summed E-state index contributed by atoms with van der Waals surface area (Å²) in [4.78, 5) is 8.20. The second kappa shape index (κ2) is 6.73. The molecule has 8 nitrogen and oxygen atoms in total. The fourth-order valence-electron chi connectivity index (χ4n) is 4.66. The van der Waals surface area contributed by atoms with Gasteiger partial charge < -0.3 is 19.7 Å². The first-order valence-electron chi connectivity index (χ1n) is 9.97. The molecule has 4 heterocycles. The van der Waals surface area contributed by atoms with Gasteiger partial charge in [0.15, 0.2) is 6.17 Å². The highest BCUT2D eigenvalue weighted by Crippen LogP contribution is 2.44. The Hall–Kier alpha value is -3.07. The van der Waals surface area contributed by atoms with E-state index in [-0.39, 0.29) is 17.3 Å². The van der Waals surface area contributed by atoms with Crippen molar-refractivity contribution in [3.05, 3.63) is 43.1 Å². The van der Waals surface area contributed by atoms with E-state index in [1.807, 2.05) is 13.0 Å². The average Bonchev–Trinajstić information content (AvgIpc) is 3.34. The Bertz CT molecular complexity index is 1060. The molecule has 0 aliphatic carbocycles. The number of nitrogens with one attached hydrogen (secondary N) is 1. The summed E-state index contributed by atoms with van der Waals surface area (Å²) in [7, 11) is 0. The third kappa shape index (κ3) is 3.19. The second-order valence-corrected chi connectivity index (χ2v) is 8.66. The number of benzene rings is 1. The third-order valence-corrected chi connectivity index (χ3v) is 6.23. The van der Waals surface area contributed by atoms with Gasteiger partial charge in [-0.1, -0.05) is 5.10 Å². The Balaban J connectivity index is 1.34. The van der Waals surface area contributed by atoms with E-state index in [9.17, 15) is 5.11 Å². The number of piperidine rings is 1. The predicted octanol–water partition coefficient (Wildman–Crippen LogP) is 2.82. The molecule has 3 aromatic rings. The summed E-state index contributed by atoms with van der Waals surface area (Å²) >= 11 is 0. The molecule has 2 aromatic heterocycles. The number of aromatic nitrogens is 5. The molecule has 2 fully saturated rings. The van der Waals surface area contributed by atoms with E-state index < -0.39 is 17.8 Å². The number of nitrogens with zero attached hydrogens (tertiary/aromatic N) is 5. The molecule has 30 heavy (non-hydrogen) atoms. The molecule has 0 spiro atoms. The summed E-state index contributed by atoms with van der Waals surface area (Å²) < 4.78 is 22.6. The molecule has 9 heteroatoms. The minimum absolute atomic E-state index is 0.0365. The van der Waals surface area contributed by atoms with E-state index in [4.69, 9.17) is 4.74 Å². The van der Waals surface area contributed by atoms with Gasteiger partial charge in [-0.3, -0.25) is 0 Å². The molecule has 1 aromatic carbocycles. The topological polar surface area (TPSA) is 98.0 Å². The van der Waals surface area contributed by atoms with Crippen LogP contribution in [0.15, 0.2) is 43.1 Å². The van der Waals surface area contributed by atoms with Crippen LogP contribution in [-0.2, 0) is 0 Å². The Morgan fingerprint density at radius 3 is 2.83 bits per heavy atom. The van der Waals surface area contributed by atoms with Crippen molar-refractivity contribution in [3.8, 4) is 28.7 Å². The van der Waals surface area contributed by atoms with Gasteiger partial charge in [0.05, 0.1) is 23.8 Å². The normalized spacial score (nSPS) is 30.4. The maximum absolute atomic E-state index is 15.0. The quantitative estimate of drug-likeness (QED) is 0.682. The molecule has 0 saturated carbocycles. The number of imidazole rings is 1. The number of rotatable bonds is 4. The number of aromatic hydroxyl groups is 1. The van der Waals surface area contributed by atoms with Crippen LogP contribution < -0.4 is 10.1 Å². The van der Waals surface area contributed by atoms with Crippen LogP contribution >= 0.6 is 0 Å². The zero-order chi connectivity index (χ0) is 20.9. The summed E-state index contributed by atoms with van der Waals surface area (Å²) in [6, 6.07) is 5.22. The minimum atomic E-state index is -1.16. The van der Waals surface area contributed by atoms with Crippen LogP contribution in [0.25, 0.3) is 16.9 Å². The van der Waals surface area contributed by atoms with Gasteiger partial charge in [0.1, 0.15) is 17.5 Å². The van der Waals surface area contributed by atoms with E-state index in [1.165, 1.54) is 6.20 Å². The number of alkyl halides is 1. The van der Waals surface area contributed by atoms with Crippen LogP contribution in [0.2, 0.25) is 0 Å². The monoisotopic (exact) mass is 410 g/mol. The highest BCUT2D eigenvalue weighted by Gasteiger charge is 2.56. The number of fused-ring (bicyclic) bond motifs is 2. The molecule has 2 saturated heterocycles. The van der Waals surface area contributed by atoms with Crippen molar-refractivity contribution in [1.82, 2.24) is 30.0 Å². The molecule has 2 bridgehead atoms. The molecular formula is C21H23FN6O2. The van der Waals surface area contributed by atoms with Gasteiger partial charge in [-0.25, -0.2) is 14.4 Å². The maximum atomic E-state index is 15.0. The fraction of sp³-hybridized carbons (Fsp3) is 0.429. The molecular weight excluding hydrogens is 387 g/mol. The summed E-state index contributed by atoms with van der Waals surface area (Å²) in [5.74, 6) is 0.0468. The van der Waals surface area contributed by atoms with Gasteiger partial charge in [0.25, 0.3) is 0 Å². The van der Waals surface area contributed by atoms with Gasteiger partial charge in [-0.2, -0.15) is 0 Å². The molecule has 5 rings (SSSR count). The zero-order valence-electron chi connectivity index (χ0n) is 16.8. The van der Waals surface area contributed by atoms with Crippen molar-refractivity contribution in [2.45, 2.75) is 56.5 Å². The fourth-order valence-corrected chi connectivity index (χ4v) is 4.66. The van der Waals surface area contributed by atoms with Crippen molar-refractivity contribution in [2.75, 3.05) is 0 Å². The van der Waals surface area contributed by atoms with Gasteiger partial charge in [-0.05, 0) is 38.8 Å². The summed E-state index contributed by atoms with van der Waals surface area (Å²) in [5, 5.41) is 22.0. The zero-order valence-corrected chi connectivity index (χ0v) is 16.8. The number of hydrogen-bond donors (Lipinski definition) is 2. The lowest BCUT2D eigenvalue weighted by Crippen LogP contribution is -2.63. The summed E-state index contributed by atoms with van der Waals surface area (Å²) in [5.41, 5.74) is 0.935. The first kappa shape index (κ1) is 18.9. The molecule has 0 amide bonds. The van der Waals surface area contributed by atoms with E-state index in [0.29, 0.717) is 17.7 Å². The molecule has 2 N–H and O–H groups in total. The van der Waals surface area contributed by atoms with Crippen LogP contribution in [0.5, 0.6) is 11.8 Å². The molecule has 0 unspecified atom stereocenters. The smallest absolute Gasteiger partial charge is 0.336 e. The Morgan fingerprint density at radius 1 is 1.27 bits per heavy atom. The standard InChI is InChI=1S/C21H23FN6O2/c1-20-5-6-21(2,27-20)18(22)17(10-20)30-19-24-11-15(25-26-19)14-4-3-13(9-16(14)29)28-8-7-23-12-28/h3-4,7-9,11-12,17-18,27,29H,5-6,10H2,1-2H3/t17-,18-,20-,21+/m0/s1. The van der Waals surface area contributed by atoms with Gasteiger partial charge in [0, 0.05) is 36.0 Å². The van der Waals surface area contributed by atoms with E-state index in [2.05, 4.69) is 32.4 Å². The van der Waals surface area contributed by atoms with Crippen LogP contribution in [0.1, 0.15) is 33.1 Å². The lowest BCUT2D eigenvalue weighted by atomic mass is 9.85. The summed E-state index contributed by atoms with van der Waals surface area (Å²) in [6.45, 7) is 4.00. The molecule has 2 aliphatic rings. The highest BCUT2D eigenvalue weighted by molar-refractivity contribution is 5.67. The van der Waals surface area contributed by atoms with Crippen molar-refractivity contribution in [3.63, 3.8) is 0 Å². The predicted molar refractivity (Wildman–Crippen MR) is 107 cm³/mol. The van der Waals surface area contributed by atoms with Crippen LogP contribution in [0.3, 0.4) is 0 Å². The number of phenols is 1. The number of hydrogen-bond acceptors (Lipinski definition) is 7. The minimum Gasteiger partial charge on any atom is -0.507 e. The highest BCUT2D eigenvalue weighted by atomic mass is 19.1. The van der Waals surface area contributed by atoms with Gasteiger partial charge in [0.2, 0.25) is 0 Å². The lowest BCUT2D eigenvalue weighted by molar-refractivity contribution is -0.0119. The van der Waals surface area contributed by atoms with Crippen molar-refractivity contribution in [1.29, 1.82) is 0 Å². The molecule has 156 valence electrons. The first-order chi connectivity index (χ1) is 14.4. The van der Waals surface area contributed by atoms with Crippen molar-refractivity contribution >= 4 is 0 Å². The summed E-state index contributed by atoms with van der Waals surface area (Å²) in [6.07, 6.45) is 7.02. The third-order valence-electron chi connectivity index (χ3n) is 6.23. The first-order valence-corrected chi connectivity index (χ1v) is 9.97. The molecule has 2 aliphatic heterocycles. The Labute approximate surface area is 173 Å². The van der Waals surface area contributed by atoms with E-state index in [0.717, 1.165) is 18.5 Å². The van der Waals surface area contributed by atoms with Crippen LogP contribution in [0.4, 0.5) is 4.39 Å². The van der Waals surface area contributed by atoms with Crippen LogP contribution in [-0.4, -0.2) is 53.2 Å². The largest absolute Gasteiger partial charge is 0.507 e. The Morgan fingerprint density at radius 2 is 2.13 bits per heavy atom. The second-order valence-electron chi connectivity index (χ2n) is 8.66. The number of ether oxygens (including phenoxy) is 1. The van der Waals surface area contributed by atoms with E-state index >= 15 is 4.39 Å².